The van der Waals surface area contributed by atoms with Gasteiger partial charge >= 0.3 is 7.60 Å². The Morgan fingerprint density at radius 1 is 1.29 bits per heavy atom. The quantitative estimate of drug-likeness (QED) is 0.456. The summed E-state index contributed by atoms with van der Waals surface area (Å²) in [6.07, 6.45) is 5.19. The first-order valence-corrected chi connectivity index (χ1v) is 11.1. The molecule has 2 unspecified atom stereocenters. The lowest BCUT2D eigenvalue weighted by atomic mass is 9.93. The predicted octanol–water partition coefficient (Wildman–Crippen LogP) is 3.21. The van der Waals surface area contributed by atoms with Crippen LogP contribution in [-0.4, -0.2) is 39.3 Å². The number of hydrogen-bond acceptors (Lipinski definition) is 4. The lowest BCUT2D eigenvalue weighted by Gasteiger charge is -2.24. The zero-order valence-electron chi connectivity index (χ0n) is 16.7. The number of aryl methyl sites for hydroxylation is 1. The number of aliphatic imine (C=N–C) groups is 1. The monoisotopic (exact) mass is 404 g/mol. The Bertz CT molecular complexity index is 843. The van der Waals surface area contributed by atoms with Gasteiger partial charge in [0.1, 0.15) is 17.9 Å². The Balaban J connectivity index is 1.84. The smallest absolute Gasteiger partial charge is 0.325 e. The van der Waals surface area contributed by atoms with Crippen LogP contribution in [0.15, 0.2) is 41.4 Å². The molecule has 0 saturated heterocycles. The molecule has 6 nitrogen and oxygen atoms in total. The van der Waals surface area contributed by atoms with E-state index < -0.39 is 18.7 Å². The molecule has 7 heteroatoms. The highest BCUT2D eigenvalue weighted by molar-refractivity contribution is 7.51. The van der Waals surface area contributed by atoms with Gasteiger partial charge in [-0.05, 0) is 64.3 Å². The van der Waals surface area contributed by atoms with Crippen molar-refractivity contribution in [2.75, 3.05) is 12.8 Å². The van der Waals surface area contributed by atoms with Crippen molar-refractivity contribution >= 4 is 13.3 Å². The zero-order valence-corrected chi connectivity index (χ0v) is 17.6. The fourth-order valence-electron chi connectivity index (χ4n) is 2.75. The molecule has 0 fully saturated rings. The van der Waals surface area contributed by atoms with Gasteiger partial charge in [-0.25, -0.2) is 0 Å². The summed E-state index contributed by atoms with van der Waals surface area (Å²) in [4.78, 5) is 22.7. The molecule has 4 N–H and O–H groups in total. The first-order valence-electron chi connectivity index (χ1n) is 9.27. The van der Waals surface area contributed by atoms with Crippen molar-refractivity contribution in [3.8, 4) is 17.6 Å². The molecule has 1 aliphatic rings. The molecule has 0 radical (unpaired) electrons. The fraction of sp³-hybridized carbons (Fsp3) is 0.476. The van der Waals surface area contributed by atoms with E-state index in [2.05, 4.69) is 16.8 Å². The number of nitrogens with zero attached hydrogens (tertiary/aromatic N) is 1. The normalized spacial score (nSPS) is 20.9. The highest BCUT2D eigenvalue weighted by Crippen LogP contribution is 2.37. The molecule has 28 heavy (non-hydrogen) atoms. The van der Waals surface area contributed by atoms with Crippen molar-refractivity contribution in [3.05, 3.63) is 42.0 Å². The average Bonchev–Trinajstić information content (AvgIpc) is 2.98. The lowest BCUT2D eigenvalue weighted by Crippen LogP contribution is -2.37. The Hall–Kier alpha value is -1.90. The summed E-state index contributed by atoms with van der Waals surface area (Å²) in [7, 11) is -4.03. The molecule has 1 aliphatic heterocycles. The number of benzene rings is 1. The molecule has 0 aromatic heterocycles. The van der Waals surface area contributed by atoms with Crippen LogP contribution in [0, 0.1) is 18.8 Å². The Kier molecular flexibility index (Phi) is 7.25. The summed E-state index contributed by atoms with van der Waals surface area (Å²) < 4.78 is 16.6. The molecule has 1 heterocycles. The summed E-state index contributed by atoms with van der Waals surface area (Å²) >= 11 is 0. The number of allylic oxidation sites excluding steroid dienone is 1. The molecule has 1 aromatic rings. The molecule has 0 amide bonds. The van der Waals surface area contributed by atoms with Crippen LogP contribution in [0.1, 0.15) is 38.7 Å². The van der Waals surface area contributed by atoms with Crippen molar-refractivity contribution in [1.82, 2.24) is 0 Å². The minimum absolute atomic E-state index is 0.202. The molecule has 1 aromatic carbocycles. The minimum Gasteiger partial charge on any atom is -0.481 e. The number of ether oxygens (including phenoxy) is 1. The topological polar surface area (TPSA) is 105 Å². The van der Waals surface area contributed by atoms with Gasteiger partial charge in [-0.3, -0.25) is 9.56 Å². The maximum absolute atomic E-state index is 11.0. The largest absolute Gasteiger partial charge is 0.481 e. The zero-order chi connectivity index (χ0) is 20.8. The summed E-state index contributed by atoms with van der Waals surface area (Å²) in [5.74, 6) is 6.93. The van der Waals surface area contributed by atoms with Crippen molar-refractivity contribution in [2.24, 2.45) is 10.7 Å². The van der Waals surface area contributed by atoms with Gasteiger partial charge in [0, 0.05) is 11.3 Å². The third-order valence-corrected chi connectivity index (χ3v) is 5.38. The van der Waals surface area contributed by atoms with Crippen LogP contribution in [0.4, 0.5) is 0 Å². The highest BCUT2D eigenvalue weighted by atomic mass is 31.2. The molecule has 2 rings (SSSR count). The van der Waals surface area contributed by atoms with Gasteiger partial charge in [-0.2, -0.15) is 0 Å². The average molecular weight is 404 g/mol. The highest BCUT2D eigenvalue weighted by Gasteiger charge is 2.26. The summed E-state index contributed by atoms with van der Waals surface area (Å²) in [6.45, 7) is 6.06. The van der Waals surface area contributed by atoms with Crippen molar-refractivity contribution in [1.29, 1.82) is 0 Å². The van der Waals surface area contributed by atoms with Gasteiger partial charge in [0.25, 0.3) is 0 Å². The molecular formula is C21H29N2O4P. The first kappa shape index (κ1) is 22.4. The SMILES string of the molecule is Cc1ccc(OCC#CC2(C)C=CC(CCC(C)(N)CCP(=O)(O)O)=N2)cc1. The van der Waals surface area contributed by atoms with Crippen LogP contribution in [-0.2, 0) is 4.57 Å². The second-order valence-corrected chi connectivity index (χ2v) is 9.56. The maximum Gasteiger partial charge on any atom is 0.325 e. The van der Waals surface area contributed by atoms with E-state index in [1.807, 2.05) is 57.2 Å². The Labute approximate surface area is 167 Å². The van der Waals surface area contributed by atoms with E-state index in [9.17, 15) is 4.57 Å². The third-order valence-electron chi connectivity index (χ3n) is 4.58. The first-order chi connectivity index (χ1) is 13.0. The summed E-state index contributed by atoms with van der Waals surface area (Å²) in [5, 5.41) is 0. The second kappa shape index (κ2) is 9.07. The Morgan fingerprint density at radius 3 is 2.61 bits per heavy atom. The van der Waals surface area contributed by atoms with Gasteiger partial charge in [-0.15, -0.1) is 0 Å². The van der Waals surface area contributed by atoms with E-state index in [0.717, 1.165) is 11.5 Å². The fourth-order valence-corrected chi connectivity index (χ4v) is 3.55. The summed E-state index contributed by atoms with van der Waals surface area (Å²) in [6, 6.07) is 7.82. The second-order valence-electron chi connectivity index (χ2n) is 7.78. The van der Waals surface area contributed by atoms with E-state index in [1.165, 1.54) is 5.56 Å². The van der Waals surface area contributed by atoms with Crippen molar-refractivity contribution in [3.63, 3.8) is 0 Å². The molecule has 0 aliphatic carbocycles. The molecule has 0 spiro atoms. The molecule has 0 saturated carbocycles. The van der Waals surface area contributed by atoms with E-state index in [-0.39, 0.29) is 12.6 Å². The Morgan fingerprint density at radius 2 is 1.96 bits per heavy atom. The van der Waals surface area contributed by atoms with Crippen molar-refractivity contribution in [2.45, 2.75) is 51.1 Å². The lowest BCUT2D eigenvalue weighted by molar-refractivity contribution is 0.355. The van der Waals surface area contributed by atoms with Crippen LogP contribution in [0.25, 0.3) is 0 Å². The predicted molar refractivity (Wildman–Crippen MR) is 113 cm³/mol. The molecule has 2 atom stereocenters. The van der Waals surface area contributed by atoms with E-state index in [4.69, 9.17) is 20.3 Å². The van der Waals surface area contributed by atoms with Gasteiger partial charge in [0.15, 0.2) is 0 Å². The van der Waals surface area contributed by atoms with Crippen LogP contribution < -0.4 is 10.5 Å². The maximum atomic E-state index is 11.0. The van der Waals surface area contributed by atoms with Gasteiger partial charge in [-0.1, -0.05) is 29.5 Å². The van der Waals surface area contributed by atoms with Crippen LogP contribution in [0.5, 0.6) is 5.75 Å². The van der Waals surface area contributed by atoms with Crippen molar-refractivity contribution < 1.29 is 19.1 Å². The van der Waals surface area contributed by atoms with E-state index >= 15 is 0 Å². The van der Waals surface area contributed by atoms with E-state index in [1.54, 1.807) is 0 Å². The molecular weight excluding hydrogens is 375 g/mol. The van der Waals surface area contributed by atoms with Gasteiger partial charge in [0.2, 0.25) is 0 Å². The number of hydrogen-bond donors (Lipinski definition) is 3. The van der Waals surface area contributed by atoms with Gasteiger partial charge in [0.05, 0.1) is 6.16 Å². The summed E-state index contributed by atoms with van der Waals surface area (Å²) in [5.41, 5.74) is 7.01. The standard InChI is InChI=1S/C21H29N2O4P/c1-17-5-7-19(8-6-17)27-15-4-11-21(3)13-10-18(23-21)9-12-20(2,22)14-16-28(24,25)26/h5-8,10,13H,9,12,14-16,22H2,1-3H3,(H2,24,25,26). The molecule has 0 bridgehead atoms. The third kappa shape index (κ3) is 8.00. The van der Waals surface area contributed by atoms with Crippen LogP contribution >= 0.6 is 7.60 Å². The van der Waals surface area contributed by atoms with Crippen LogP contribution in [0.2, 0.25) is 0 Å². The van der Waals surface area contributed by atoms with E-state index in [0.29, 0.717) is 19.4 Å². The van der Waals surface area contributed by atoms with Gasteiger partial charge < -0.3 is 20.3 Å². The van der Waals surface area contributed by atoms with Crippen LogP contribution in [0.3, 0.4) is 0 Å². The molecule has 152 valence electrons. The number of rotatable bonds is 8. The minimum atomic E-state index is -4.03. The number of nitrogens with two attached hydrogens (primary N) is 1.